The lowest BCUT2D eigenvalue weighted by atomic mass is 10.1. The summed E-state index contributed by atoms with van der Waals surface area (Å²) in [5, 5.41) is 4.76. The van der Waals surface area contributed by atoms with Crippen molar-refractivity contribution in [1.29, 1.82) is 0 Å². The third kappa shape index (κ3) is 3.92. The Hall–Kier alpha value is -5.77. The molecule has 46 heavy (non-hydrogen) atoms. The summed E-state index contributed by atoms with van der Waals surface area (Å²) in [6.45, 7) is 0. The molecule has 0 saturated heterocycles. The standard InChI is InChI=1S/C40H27N4OP/c45-46(30-12-2-1-3-13-30)38-18-7-6-17-35(38)43(37-26-28(20-23-39(37)46)33-15-8-10-24-41-33)29-21-22-32-31-14-4-5-16-34(31)44(36(32)27-29)40-19-9-11-25-42-40/h1-27H. The zero-order valence-electron chi connectivity index (χ0n) is 24.7. The van der Waals surface area contributed by atoms with Crippen LogP contribution in [-0.4, -0.2) is 14.5 Å². The van der Waals surface area contributed by atoms with E-state index in [0.29, 0.717) is 0 Å². The van der Waals surface area contributed by atoms with Crippen LogP contribution in [0.15, 0.2) is 164 Å². The summed E-state index contributed by atoms with van der Waals surface area (Å²) in [4.78, 5) is 11.6. The summed E-state index contributed by atoms with van der Waals surface area (Å²) in [5.41, 5.74) is 6.73. The van der Waals surface area contributed by atoms with E-state index in [9.17, 15) is 0 Å². The van der Waals surface area contributed by atoms with Crippen LogP contribution in [0.3, 0.4) is 0 Å². The van der Waals surface area contributed by atoms with E-state index in [1.165, 1.54) is 5.39 Å². The van der Waals surface area contributed by atoms with Crippen LogP contribution < -0.4 is 20.8 Å². The third-order valence-corrected chi connectivity index (χ3v) is 12.0. The van der Waals surface area contributed by atoms with Gasteiger partial charge in [0.2, 0.25) is 0 Å². The minimum absolute atomic E-state index is 0.808. The Morgan fingerprint density at radius 1 is 0.522 bits per heavy atom. The molecule has 5 nitrogen and oxygen atoms in total. The molecule has 0 fully saturated rings. The second-order valence-electron chi connectivity index (χ2n) is 11.4. The SMILES string of the molecule is O=P1(c2ccccc2)c2ccccc2N(c2ccc3c4ccccc4n(-c4ccccn4)c3c2)c2cc(-c3ccccn3)ccc21. The summed E-state index contributed by atoms with van der Waals surface area (Å²) in [7, 11) is -3.22. The van der Waals surface area contributed by atoms with Crippen molar-refractivity contribution in [2.24, 2.45) is 0 Å². The topological polar surface area (TPSA) is 51.0 Å². The number of rotatable bonds is 4. The summed E-state index contributed by atoms with van der Waals surface area (Å²) >= 11 is 0. The van der Waals surface area contributed by atoms with Crippen LogP contribution in [0, 0.1) is 0 Å². The highest BCUT2D eigenvalue weighted by Crippen LogP contribution is 2.54. The Bertz CT molecular complexity index is 2460. The first-order chi connectivity index (χ1) is 22.7. The van der Waals surface area contributed by atoms with Gasteiger partial charge in [0, 0.05) is 50.3 Å². The van der Waals surface area contributed by atoms with Gasteiger partial charge >= 0.3 is 0 Å². The van der Waals surface area contributed by atoms with E-state index in [0.717, 1.165) is 66.5 Å². The maximum absolute atomic E-state index is 15.6. The number of anilines is 3. The first-order valence-corrected chi connectivity index (χ1v) is 17.0. The Balaban J connectivity index is 1.35. The predicted octanol–water partition coefficient (Wildman–Crippen LogP) is 8.66. The van der Waals surface area contributed by atoms with Crippen LogP contribution in [0.4, 0.5) is 17.1 Å². The number of aromatic nitrogens is 3. The lowest BCUT2D eigenvalue weighted by molar-refractivity contribution is 0.592. The highest BCUT2D eigenvalue weighted by molar-refractivity contribution is 7.86. The van der Waals surface area contributed by atoms with Gasteiger partial charge in [-0.2, -0.15) is 0 Å². The van der Waals surface area contributed by atoms with Gasteiger partial charge in [0.05, 0.1) is 28.1 Å². The number of hydrogen-bond acceptors (Lipinski definition) is 4. The van der Waals surface area contributed by atoms with E-state index in [1.807, 2.05) is 103 Å². The molecule has 218 valence electrons. The summed E-state index contributed by atoms with van der Waals surface area (Å²) in [6.07, 6.45) is 3.64. The zero-order valence-corrected chi connectivity index (χ0v) is 25.6. The van der Waals surface area contributed by atoms with Gasteiger partial charge in [-0.25, -0.2) is 4.98 Å². The molecule has 0 N–H and O–H groups in total. The Morgan fingerprint density at radius 2 is 1.24 bits per heavy atom. The Labute approximate surface area is 266 Å². The number of para-hydroxylation sites is 2. The molecule has 4 heterocycles. The fourth-order valence-electron chi connectivity index (χ4n) is 6.87. The third-order valence-electron chi connectivity index (χ3n) is 8.89. The van der Waals surface area contributed by atoms with E-state index in [4.69, 9.17) is 4.98 Å². The molecule has 9 rings (SSSR count). The minimum Gasteiger partial charge on any atom is -0.309 e. The zero-order chi connectivity index (χ0) is 30.7. The Kier molecular flexibility index (Phi) is 6.02. The summed E-state index contributed by atoms with van der Waals surface area (Å²) in [6, 6.07) is 51.2. The molecule has 8 aromatic rings. The van der Waals surface area contributed by atoms with Crippen LogP contribution in [0.25, 0.3) is 38.9 Å². The molecule has 0 aliphatic carbocycles. The van der Waals surface area contributed by atoms with Crippen LogP contribution in [0.5, 0.6) is 0 Å². The van der Waals surface area contributed by atoms with Crippen LogP contribution in [0.2, 0.25) is 0 Å². The smallest absolute Gasteiger partial charge is 0.175 e. The molecule has 3 aromatic heterocycles. The van der Waals surface area contributed by atoms with Gasteiger partial charge in [-0.15, -0.1) is 0 Å². The molecule has 0 bridgehead atoms. The first-order valence-electron chi connectivity index (χ1n) is 15.3. The molecule has 1 aliphatic heterocycles. The first kappa shape index (κ1) is 26.6. The average molecular weight is 611 g/mol. The van der Waals surface area contributed by atoms with Crippen molar-refractivity contribution in [3.8, 4) is 17.1 Å². The van der Waals surface area contributed by atoms with Crippen LogP contribution in [0.1, 0.15) is 0 Å². The van der Waals surface area contributed by atoms with Crippen molar-refractivity contribution in [2.45, 2.75) is 0 Å². The molecular weight excluding hydrogens is 583 g/mol. The minimum atomic E-state index is -3.22. The van der Waals surface area contributed by atoms with Crippen molar-refractivity contribution >= 4 is 61.9 Å². The van der Waals surface area contributed by atoms with Crippen molar-refractivity contribution in [1.82, 2.24) is 14.5 Å². The van der Waals surface area contributed by atoms with Gasteiger partial charge in [0.25, 0.3) is 0 Å². The van der Waals surface area contributed by atoms with Gasteiger partial charge in [-0.05, 0) is 66.7 Å². The molecular formula is C40H27N4OP. The average Bonchev–Trinajstić information content (AvgIpc) is 3.46. The van der Waals surface area contributed by atoms with Gasteiger partial charge in [0.15, 0.2) is 7.14 Å². The van der Waals surface area contributed by atoms with E-state index < -0.39 is 7.14 Å². The highest BCUT2D eigenvalue weighted by atomic mass is 31.2. The van der Waals surface area contributed by atoms with E-state index in [-0.39, 0.29) is 0 Å². The number of hydrogen-bond donors (Lipinski definition) is 0. The monoisotopic (exact) mass is 610 g/mol. The number of benzene rings is 5. The highest BCUT2D eigenvalue weighted by Gasteiger charge is 2.41. The normalized spacial score (nSPS) is 15.5. The van der Waals surface area contributed by atoms with Crippen molar-refractivity contribution in [3.05, 3.63) is 164 Å². The summed E-state index contributed by atoms with van der Waals surface area (Å²) in [5.74, 6) is 0.858. The van der Waals surface area contributed by atoms with Crippen LogP contribution in [-0.2, 0) is 4.57 Å². The van der Waals surface area contributed by atoms with Crippen molar-refractivity contribution in [2.75, 3.05) is 4.90 Å². The van der Waals surface area contributed by atoms with Gasteiger partial charge in [0.1, 0.15) is 5.82 Å². The molecule has 0 amide bonds. The number of fused-ring (bicyclic) bond motifs is 5. The van der Waals surface area contributed by atoms with Gasteiger partial charge in [-0.1, -0.05) is 84.9 Å². The second kappa shape index (κ2) is 10.4. The molecule has 0 spiro atoms. The van der Waals surface area contributed by atoms with Crippen LogP contribution >= 0.6 is 7.14 Å². The number of nitrogens with zero attached hydrogens (tertiary/aromatic N) is 4. The molecule has 1 unspecified atom stereocenters. The molecule has 0 saturated carbocycles. The summed E-state index contributed by atoms with van der Waals surface area (Å²) < 4.78 is 17.8. The van der Waals surface area contributed by atoms with E-state index in [1.54, 1.807) is 6.20 Å². The Morgan fingerprint density at radius 3 is 2.07 bits per heavy atom. The largest absolute Gasteiger partial charge is 0.309 e. The maximum atomic E-state index is 15.6. The molecule has 1 aliphatic rings. The predicted molar refractivity (Wildman–Crippen MR) is 189 cm³/mol. The van der Waals surface area contributed by atoms with E-state index >= 15 is 4.57 Å². The molecule has 5 aromatic carbocycles. The lowest BCUT2D eigenvalue weighted by Gasteiger charge is -2.38. The van der Waals surface area contributed by atoms with Gasteiger partial charge < -0.3 is 9.46 Å². The molecule has 0 radical (unpaired) electrons. The fourth-order valence-corrected chi connectivity index (χ4v) is 9.84. The van der Waals surface area contributed by atoms with Crippen molar-refractivity contribution in [3.63, 3.8) is 0 Å². The number of pyridine rings is 2. The lowest BCUT2D eigenvalue weighted by Crippen LogP contribution is -2.36. The van der Waals surface area contributed by atoms with E-state index in [2.05, 4.69) is 69.0 Å². The quantitative estimate of drug-likeness (QED) is 0.187. The van der Waals surface area contributed by atoms with Crippen molar-refractivity contribution < 1.29 is 4.57 Å². The fraction of sp³-hybridized carbons (Fsp3) is 0. The molecule has 1 atom stereocenters. The second-order valence-corrected chi connectivity index (χ2v) is 14.1. The van der Waals surface area contributed by atoms with Gasteiger partial charge in [-0.3, -0.25) is 9.55 Å². The maximum Gasteiger partial charge on any atom is 0.175 e. The molecule has 6 heteroatoms.